The highest BCUT2D eigenvalue weighted by atomic mass is 79.9. The molecule has 0 radical (unpaired) electrons. The number of aliphatic carboxylic acids is 1. The van der Waals surface area contributed by atoms with E-state index < -0.39 is 17.2 Å². The number of carboxylic acid groups (broad SMARTS) is 1. The highest BCUT2D eigenvalue weighted by Crippen LogP contribution is 2.35. The van der Waals surface area contributed by atoms with Gasteiger partial charge in [-0.15, -0.1) is 0 Å². The van der Waals surface area contributed by atoms with E-state index in [0.29, 0.717) is 32.4 Å². The fourth-order valence-electron chi connectivity index (χ4n) is 2.70. The number of hydrogen-bond donors (Lipinski definition) is 1. The molecule has 0 aromatic heterocycles. The Balaban J connectivity index is 2.14. The third-order valence-corrected chi connectivity index (χ3v) is 4.93. The van der Waals surface area contributed by atoms with Crippen LogP contribution < -0.4 is 0 Å². The largest absolute Gasteiger partial charge is 0.481 e. The Kier molecular flexibility index (Phi) is 4.66. The zero-order valence-corrected chi connectivity index (χ0v) is 13.3. The molecule has 114 valence electrons. The number of piperidine rings is 1. The fourth-order valence-corrected chi connectivity index (χ4v) is 3.06. The van der Waals surface area contributed by atoms with Crippen LogP contribution >= 0.6 is 15.9 Å². The molecule has 1 heterocycles. The van der Waals surface area contributed by atoms with Crippen LogP contribution in [0.1, 0.15) is 36.5 Å². The monoisotopic (exact) mass is 357 g/mol. The van der Waals surface area contributed by atoms with E-state index in [1.165, 1.54) is 17.0 Å². The molecule has 0 spiro atoms. The van der Waals surface area contributed by atoms with Gasteiger partial charge in [0.15, 0.2) is 0 Å². The molecule has 1 fully saturated rings. The van der Waals surface area contributed by atoms with E-state index >= 15 is 0 Å². The molecule has 0 saturated carbocycles. The van der Waals surface area contributed by atoms with Crippen molar-refractivity contribution in [2.75, 3.05) is 13.1 Å². The topological polar surface area (TPSA) is 57.6 Å². The summed E-state index contributed by atoms with van der Waals surface area (Å²) in [6.45, 7) is 2.52. The smallest absolute Gasteiger partial charge is 0.309 e. The van der Waals surface area contributed by atoms with Crippen LogP contribution in [-0.4, -0.2) is 35.0 Å². The highest BCUT2D eigenvalue weighted by molar-refractivity contribution is 9.10. The molecule has 1 aliphatic heterocycles. The lowest BCUT2D eigenvalue weighted by atomic mass is 9.76. The van der Waals surface area contributed by atoms with Crippen molar-refractivity contribution >= 4 is 27.8 Å². The first-order chi connectivity index (χ1) is 9.91. The van der Waals surface area contributed by atoms with E-state index in [1.54, 1.807) is 6.07 Å². The maximum Gasteiger partial charge on any atom is 0.309 e. The zero-order valence-electron chi connectivity index (χ0n) is 11.7. The van der Waals surface area contributed by atoms with Gasteiger partial charge in [-0.1, -0.05) is 13.0 Å². The van der Waals surface area contributed by atoms with Gasteiger partial charge in [0.05, 0.1) is 15.5 Å². The van der Waals surface area contributed by atoms with Gasteiger partial charge in [-0.05, 0) is 47.3 Å². The molecule has 0 aliphatic carbocycles. The number of nitrogens with zero attached hydrogens (tertiary/aromatic N) is 1. The normalized spacial score (nSPS) is 17.6. The lowest BCUT2D eigenvalue weighted by Crippen LogP contribution is -2.46. The second-order valence-corrected chi connectivity index (χ2v) is 6.19. The number of amides is 1. The molecule has 6 heteroatoms. The van der Waals surface area contributed by atoms with Crippen LogP contribution in [0, 0.1) is 11.2 Å². The zero-order chi connectivity index (χ0) is 15.6. The summed E-state index contributed by atoms with van der Waals surface area (Å²) in [4.78, 5) is 25.3. The lowest BCUT2D eigenvalue weighted by molar-refractivity contribution is -0.152. The number of halogens is 2. The molecular weight excluding hydrogens is 341 g/mol. The van der Waals surface area contributed by atoms with Crippen LogP contribution in [0.4, 0.5) is 4.39 Å². The molecule has 0 bridgehead atoms. The van der Waals surface area contributed by atoms with E-state index in [2.05, 4.69) is 15.9 Å². The Morgan fingerprint density at radius 2 is 2.00 bits per heavy atom. The van der Waals surface area contributed by atoms with Crippen LogP contribution in [0.5, 0.6) is 0 Å². The fraction of sp³-hybridized carbons (Fsp3) is 0.467. The molecule has 21 heavy (non-hydrogen) atoms. The van der Waals surface area contributed by atoms with E-state index in [4.69, 9.17) is 0 Å². The molecule has 0 unspecified atom stereocenters. The van der Waals surface area contributed by atoms with E-state index in [0.717, 1.165) is 0 Å². The predicted octanol–water partition coefficient (Wildman–Crippen LogP) is 3.31. The molecule has 1 saturated heterocycles. The third kappa shape index (κ3) is 2.95. The summed E-state index contributed by atoms with van der Waals surface area (Å²) in [6.07, 6.45) is 1.34. The Bertz CT molecular complexity index is 568. The van der Waals surface area contributed by atoms with Crippen LogP contribution in [0.15, 0.2) is 22.7 Å². The number of carboxylic acids is 1. The first kappa shape index (κ1) is 15.9. The Hall–Kier alpha value is -1.43. The van der Waals surface area contributed by atoms with E-state index in [1.807, 2.05) is 6.92 Å². The summed E-state index contributed by atoms with van der Waals surface area (Å²) < 4.78 is 14.2. The maximum absolute atomic E-state index is 14.0. The van der Waals surface area contributed by atoms with Gasteiger partial charge in [-0.3, -0.25) is 9.59 Å². The molecule has 4 nitrogen and oxygen atoms in total. The summed E-state index contributed by atoms with van der Waals surface area (Å²) in [5.74, 6) is -1.78. The molecule has 1 aliphatic rings. The minimum Gasteiger partial charge on any atom is -0.481 e. The van der Waals surface area contributed by atoms with Crippen LogP contribution in [0.25, 0.3) is 0 Å². The van der Waals surface area contributed by atoms with Gasteiger partial charge in [-0.2, -0.15) is 0 Å². The minimum atomic E-state index is -0.814. The van der Waals surface area contributed by atoms with Crippen molar-refractivity contribution in [1.29, 1.82) is 0 Å². The van der Waals surface area contributed by atoms with Crippen molar-refractivity contribution < 1.29 is 19.1 Å². The first-order valence-electron chi connectivity index (χ1n) is 6.88. The third-order valence-electron chi connectivity index (χ3n) is 4.32. The number of benzene rings is 1. The summed E-state index contributed by atoms with van der Waals surface area (Å²) in [5, 5.41) is 9.34. The van der Waals surface area contributed by atoms with E-state index in [-0.39, 0.29) is 15.9 Å². The SMILES string of the molecule is CCC1(C(=O)O)CCN(C(=O)c2cccc(Br)c2F)CC1. The quantitative estimate of drug-likeness (QED) is 0.902. The van der Waals surface area contributed by atoms with Crippen molar-refractivity contribution in [3.63, 3.8) is 0 Å². The van der Waals surface area contributed by atoms with Crippen molar-refractivity contribution in [3.8, 4) is 0 Å². The Labute approximate surface area is 131 Å². The molecule has 2 rings (SSSR count). The number of likely N-dealkylation sites (tertiary alicyclic amines) is 1. The lowest BCUT2D eigenvalue weighted by Gasteiger charge is -2.38. The summed E-state index contributed by atoms with van der Waals surface area (Å²) >= 11 is 3.06. The standard InChI is InChI=1S/C15H17BrFNO3/c1-2-15(14(20)21)6-8-18(9-7-15)13(19)10-4-3-5-11(16)12(10)17/h3-5H,2,6-9H2,1H3,(H,20,21). The molecule has 1 aromatic carbocycles. The molecule has 1 N–H and O–H groups in total. The van der Waals surface area contributed by atoms with Crippen LogP contribution in [-0.2, 0) is 4.79 Å². The average Bonchev–Trinajstić information content (AvgIpc) is 2.49. The summed E-state index contributed by atoms with van der Waals surface area (Å²) in [6, 6.07) is 4.59. The highest BCUT2D eigenvalue weighted by Gasteiger charge is 2.41. The van der Waals surface area contributed by atoms with Gasteiger partial charge in [0.2, 0.25) is 0 Å². The minimum absolute atomic E-state index is 0.0173. The number of carbonyl (C=O) groups excluding carboxylic acids is 1. The van der Waals surface area contributed by atoms with Gasteiger partial charge < -0.3 is 10.0 Å². The predicted molar refractivity (Wildman–Crippen MR) is 79.6 cm³/mol. The average molecular weight is 358 g/mol. The second-order valence-electron chi connectivity index (χ2n) is 5.33. The number of hydrogen-bond acceptors (Lipinski definition) is 2. The molecule has 1 amide bonds. The van der Waals surface area contributed by atoms with Gasteiger partial charge in [0.1, 0.15) is 5.82 Å². The molecule has 1 aromatic rings. The molecular formula is C15H17BrFNO3. The first-order valence-corrected chi connectivity index (χ1v) is 7.67. The summed E-state index contributed by atoms with van der Waals surface area (Å²) in [7, 11) is 0. The van der Waals surface area contributed by atoms with Gasteiger partial charge in [0, 0.05) is 13.1 Å². The Morgan fingerprint density at radius 3 is 2.52 bits per heavy atom. The summed E-state index contributed by atoms with van der Waals surface area (Å²) in [5.41, 5.74) is -0.740. The van der Waals surface area contributed by atoms with Gasteiger partial charge in [-0.25, -0.2) is 4.39 Å². The van der Waals surface area contributed by atoms with Gasteiger partial charge >= 0.3 is 5.97 Å². The van der Waals surface area contributed by atoms with Crippen LogP contribution in [0.2, 0.25) is 0 Å². The van der Waals surface area contributed by atoms with Crippen molar-refractivity contribution in [1.82, 2.24) is 4.90 Å². The van der Waals surface area contributed by atoms with Crippen molar-refractivity contribution in [2.45, 2.75) is 26.2 Å². The number of rotatable bonds is 3. The number of carbonyl (C=O) groups is 2. The Morgan fingerprint density at radius 1 is 1.38 bits per heavy atom. The van der Waals surface area contributed by atoms with E-state index in [9.17, 15) is 19.1 Å². The van der Waals surface area contributed by atoms with Crippen molar-refractivity contribution in [3.05, 3.63) is 34.1 Å². The second kappa shape index (κ2) is 6.13. The van der Waals surface area contributed by atoms with Gasteiger partial charge in [0.25, 0.3) is 5.91 Å². The molecule has 0 atom stereocenters. The maximum atomic E-state index is 14.0. The van der Waals surface area contributed by atoms with Crippen molar-refractivity contribution in [2.24, 2.45) is 5.41 Å². The van der Waals surface area contributed by atoms with Crippen LogP contribution in [0.3, 0.4) is 0 Å².